The normalized spacial score (nSPS) is 19.7. The number of carbonyl (C=O) groups is 2. The van der Waals surface area contributed by atoms with E-state index in [0.717, 1.165) is 29.9 Å². The van der Waals surface area contributed by atoms with Gasteiger partial charge in [-0.05, 0) is 37.0 Å². The Morgan fingerprint density at radius 1 is 1.25 bits per heavy atom. The Balaban J connectivity index is 1.47. The van der Waals surface area contributed by atoms with Gasteiger partial charge in [0.05, 0.1) is 5.92 Å². The molecule has 7 nitrogen and oxygen atoms in total. The Hall–Kier alpha value is -2.44. The van der Waals surface area contributed by atoms with Crippen LogP contribution in [0.15, 0.2) is 18.2 Å². The van der Waals surface area contributed by atoms with Gasteiger partial charge in [-0.25, -0.2) is 4.79 Å². The Bertz CT molecular complexity index is 620. The molecular formula is C17H23N3O4. The number of piperidine rings is 1. The van der Waals surface area contributed by atoms with E-state index >= 15 is 0 Å². The Morgan fingerprint density at radius 3 is 2.83 bits per heavy atom. The highest BCUT2D eigenvalue weighted by molar-refractivity contribution is 5.79. The van der Waals surface area contributed by atoms with Crippen LogP contribution in [0.4, 0.5) is 4.79 Å². The first-order valence-corrected chi connectivity index (χ1v) is 8.34. The fourth-order valence-electron chi connectivity index (χ4n) is 3.06. The van der Waals surface area contributed by atoms with Gasteiger partial charge in [-0.1, -0.05) is 6.07 Å². The Morgan fingerprint density at radius 2 is 2.04 bits per heavy atom. The summed E-state index contributed by atoms with van der Waals surface area (Å²) in [5.74, 6) is 0.955. The van der Waals surface area contributed by atoms with Gasteiger partial charge in [-0.3, -0.25) is 4.79 Å². The molecule has 0 aliphatic carbocycles. The number of primary amides is 1. The third-order valence-corrected chi connectivity index (χ3v) is 4.41. The first-order valence-electron chi connectivity index (χ1n) is 8.34. The minimum absolute atomic E-state index is 0.140. The second-order valence-electron chi connectivity index (χ2n) is 6.15. The maximum atomic E-state index is 12.2. The standard InChI is InChI=1S/C17H23N3O4/c18-16(21)13-2-1-7-20(11-13)17(22)19-6-5-12-3-4-14-15(10-12)24-9-8-23-14/h3-4,10,13H,1-2,5-9,11H2,(H2,18,21)(H,19,22). The summed E-state index contributed by atoms with van der Waals surface area (Å²) >= 11 is 0. The molecule has 3 N–H and O–H groups in total. The number of carbonyl (C=O) groups excluding carboxylic acids is 2. The lowest BCUT2D eigenvalue weighted by molar-refractivity contribution is -0.123. The number of benzene rings is 1. The fraction of sp³-hybridized carbons (Fsp3) is 0.529. The largest absolute Gasteiger partial charge is 0.486 e. The van der Waals surface area contributed by atoms with Crippen LogP contribution >= 0.6 is 0 Å². The van der Waals surface area contributed by atoms with Gasteiger partial charge in [0.15, 0.2) is 11.5 Å². The zero-order chi connectivity index (χ0) is 16.9. The van der Waals surface area contributed by atoms with E-state index in [1.165, 1.54) is 0 Å². The van der Waals surface area contributed by atoms with Gasteiger partial charge in [-0.2, -0.15) is 0 Å². The highest BCUT2D eigenvalue weighted by Gasteiger charge is 2.26. The van der Waals surface area contributed by atoms with Gasteiger partial charge in [-0.15, -0.1) is 0 Å². The molecule has 1 saturated heterocycles. The molecule has 3 rings (SSSR count). The predicted molar refractivity (Wildman–Crippen MR) is 88.0 cm³/mol. The second kappa shape index (κ2) is 7.42. The van der Waals surface area contributed by atoms with Crippen LogP contribution in [-0.4, -0.2) is 49.7 Å². The number of hydrogen-bond donors (Lipinski definition) is 2. The molecule has 1 fully saturated rings. The van der Waals surface area contributed by atoms with Crippen molar-refractivity contribution in [3.05, 3.63) is 23.8 Å². The van der Waals surface area contributed by atoms with E-state index in [-0.39, 0.29) is 17.9 Å². The Labute approximate surface area is 141 Å². The average molecular weight is 333 g/mol. The summed E-state index contributed by atoms with van der Waals surface area (Å²) in [6.45, 7) is 2.73. The summed E-state index contributed by atoms with van der Waals surface area (Å²) in [7, 11) is 0. The summed E-state index contributed by atoms with van der Waals surface area (Å²) in [6, 6.07) is 5.68. The molecule has 3 amide bonds. The van der Waals surface area contributed by atoms with E-state index in [1.54, 1.807) is 4.90 Å². The van der Waals surface area contributed by atoms with E-state index in [0.29, 0.717) is 39.3 Å². The second-order valence-corrected chi connectivity index (χ2v) is 6.15. The number of hydrogen-bond acceptors (Lipinski definition) is 4. The van der Waals surface area contributed by atoms with Gasteiger partial charge in [0.1, 0.15) is 13.2 Å². The third kappa shape index (κ3) is 3.90. The molecular weight excluding hydrogens is 310 g/mol. The average Bonchev–Trinajstić information content (AvgIpc) is 2.61. The lowest BCUT2D eigenvalue weighted by atomic mass is 9.98. The molecule has 7 heteroatoms. The first kappa shape index (κ1) is 16.4. The molecule has 1 unspecified atom stereocenters. The number of amides is 3. The quantitative estimate of drug-likeness (QED) is 0.856. The molecule has 0 saturated carbocycles. The smallest absolute Gasteiger partial charge is 0.317 e. The number of nitrogens with zero attached hydrogens (tertiary/aromatic N) is 1. The van der Waals surface area contributed by atoms with Crippen LogP contribution in [0.5, 0.6) is 11.5 Å². The molecule has 2 aliphatic rings. The summed E-state index contributed by atoms with van der Waals surface area (Å²) in [6.07, 6.45) is 2.27. The molecule has 0 radical (unpaired) electrons. The number of urea groups is 1. The predicted octanol–water partition coefficient (Wildman–Crippen LogP) is 0.907. The number of rotatable bonds is 4. The van der Waals surface area contributed by atoms with E-state index in [9.17, 15) is 9.59 Å². The third-order valence-electron chi connectivity index (χ3n) is 4.41. The van der Waals surface area contributed by atoms with Crippen molar-refractivity contribution in [2.45, 2.75) is 19.3 Å². The molecule has 1 aromatic carbocycles. The van der Waals surface area contributed by atoms with Crippen molar-refractivity contribution < 1.29 is 19.1 Å². The van der Waals surface area contributed by atoms with Crippen molar-refractivity contribution in [2.24, 2.45) is 11.7 Å². The molecule has 2 heterocycles. The zero-order valence-electron chi connectivity index (χ0n) is 13.6. The highest BCUT2D eigenvalue weighted by atomic mass is 16.6. The van der Waals surface area contributed by atoms with Crippen molar-refractivity contribution in [3.63, 3.8) is 0 Å². The SMILES string of the molecule is NC(=O)C1CCCN(C(=O)NCCc2ccc3c(c2)OCCO3)C1. The topological polar surface area (TPSA) is 93.9 Å². The van der Waals surface area contributed by atoms with Crippen molar-refractivity contribution in [3.8, 4) is 11.5 Å². The summed E-state index contributed by atoms with van der Waals surface area (Å²) in [5, 5.41) is 2.90. The number of nitrogens with two attached hydrogens (primary N) is 1. The summed E-state index contributed by atoms with van der Waals surface area (Å²) in [4.78, 5) is 25.2. The fourth-order valence-corrected chi connectivity index (χ4v) is 3.06. The maximum absolute atomic E-state index is 12.2. The van der Waals surface area contributed by atoms with E-state index < -0.39 is 0 Å². The number of nitrogens with one attached hydrogen (secondary N) is 1. The van der Waals surface area contributed by atoms with Gasteiger partial charge in [0.25, 0.3) is 0 Å². The minimum atomic E-state index is -0.330. The van der Waals surface area contributed by atoms with Crippen LogP contribution in [0.2, 0.25) is 0 Å². The Kier molecular flexibility index (Phi) is 5.08. The van der Waals surface area contributed by atoms with Crippen LogP contribution in [0.25, 0.3) is 0 Å². The van der Waals surface area contributed by atoms with E-state index in [2.05, 4.69) is 5.32 Å². The van der Waals surface area contributed by atoms with Crippen molar-refractivity contribution >= 4 is 11.9 Å². The maximum Gasteiger partial charge on any atom is 0.317 e. The minimum Gasteiger partial charge on any atom is -0.486 e. The van der Waals surface area contributed by atoms with Gasteiger partial charge in [0.2, 0.25) is 5.91 Å². The first-order chi connectivity index (χ1) is 11.6. The highest BCUT2D eigenvalue weighted by Crippen LogP contribution is 2.30. The van der Waals surface area contributed by atoms with Crippen molar-refractivity contribution in [2.75, 3.05) is 32.8 Å². The molecule has 2 aliphatic heterocycles. The van der Waals surface area contributed by atoms with Crippen molar-refractivity contribution in [1.82, 2.24) is 10.2 Å². The van der Waals surface area contributed by atoms with Gasteiger partial charge in [0, 0.05) is 19.6 Å². The van der Waals surface area contributed by atoms with E-state index in [4.69, 9.17) is 15.2 Å². The summed E-state index contributed by atoms with van der Waals surface area (Å²) in [5.41, 5.74) is 6.42. The number of fused-ring (bicyclic) bond motifs is 1. The van der Waals surface area contributed by atoms with Crippen LogP contribution in [0, 0.1) is 5.92 Å². The molecule has 130 valence electrons. The van der Waals surface area contributed by atoms with E-state index in [1.807, 2.05) is 18.2 Å². The van der Waals surface area contributed by atoms with Crippen LogP contribution in [0.3, 0.4) is 0 Å². The molecule has 0 spiro atoms. The van der Waals surface area contributed by atoms with Gasteiger partial charge < -0.3 is 25.4 Å². The van der Waals surface area contributed by atoms with Crippen LogP contribution < -0.4 is 20.5 Å². The molecule has 1 atom stereocenters. The lowest BCUT2D eigenvalue weighted by Crippen LogP contribution is -2.48. The van der Waals surface area contributed by atoms with Crippen molar-refractivity contribution in [1.29, 1.82) is 0 Å². The molecule has 0 bridgehead atoms. The monoisotopic (exact) mass is 333 g/mol. The van der Waals surface area contributed by atoms with Crippen LogP contribution in [0.1, 0.15) is 18.4 Å². The summed E-state index contributed by atoms with van der Waals surface area (Å²) < 4.78 is 11.0. The zero-order valence-corrected chi connectivity index (χ0v) is 13.6. The molecule has 0 aromatic heterocycles. The lowest BCUT2D eigenvalue weighted by Gasteiger charge is -2.31. The number of ether oxygens (including phenoxy) is 2. The number of likely N-dealkylation sites (tertiary alicyclic amines) is 1. The molecule has 24 heavy (non-hydrogen) atoms. The molecule has 1 aromatic rings. The van der Waals surface area contributed by atoms with Gasteiger partial charge >= 0.3 is 6.03 Å². The van der Waals surface area contributed by atoms with Crippen LogP contribution in [-0.2, 0) is 11.2 Å².